The van der Waals surface area contributed by atoms with Crippen LogP contribution in [0.3, 0.4) is 0 Å². The van der Waals surface area contributed by atoms with E-state index in [-0.39, 0.29) is 12.1 Å². The molecule has 26 heavy (non-hydrogen) atoms. The van der Waals surface area contributed by atoms with Gasteiger partial charge in [0.25, 0.3) is 0 Å². The van der Waals surface area contributed by atoms with Crippen LogP contribution in [0, 0.1) is 0 Å². The maximum absolute atomic E-state index is 12.3. The van der Waals surface area contributed by atoms with Gasteiger partial charge in [-0.25, -0.2) is 9.78 Å². The van der Waals surface area contributed by atoms with Crippen molar-refractivity contribution in [2.24, 2.45) is 0 Å². The first-order valence-electron chi connectivity index (χ1n) is 9.57. The number of aromatic nitrogens is 1. The zero-order chi connectivity index (χ0) is 18.0. The van der Waals surface area contributed by atoms with E-state index in [0.717, 1.165) is 23.3 Å². The van der Waals surface area contributed by atoms with Crippen molar-refractivity contribution in [3.63, 3.8) is 0 Å². The number of hydrogen-bond acceptors (Lipinski definition) is 3. The Morgan fingerprint density at radius 1 is 0.962 bits per heavy atom. The number of anilines is 1. The molecular formula is C21H27N3OS. The Morgan fingerprint density at radius 2 is 1.65 bits per heavy atom. The fourth-order valence-corrected chi connectivity index (χ4v) is 4.11. The molecule has 1 aromatic rings. The summed E-state index contributed by atoms with van der Waals surface area (Å²) < 4.78 is 0. The van der Waals surface area contributed by atoms with Gasteiger partial charge >= 0.3 is 6.03 Å². The van der Waals surface area contributed by atoms with E-state index in [2.05, 4.69) is 27.8 Å². The minimum Gasteiger partial charge on any atom is -0.335 e. The van der Waals surface area contributed by atoms with E-state index in [4.69, 9.17) is 0 Å². The molecule has 0 aliphatic heterocycles. The summed E-state index contributed by atoms with van der Waals surface area (Å²) in [4.78, 5) is 17.7. The molecule has 0 unspecified atom stereocenters. The topological polar surface area (TPSA) is 54.0 Å². The maximum Gasteiger partial charge on any atom is 0.321 e. The molecule has 2 aliphatic rings. The first-order chi connectivity index (χ1) is 12.8. The van der Waals surface area contributed by atoms with E-state index in [1.807, 2.05) is 36.6 Å². The molecule has 138 valence electrons. The molecule has 1 aromatic heterocycles. The second kappa shape index (κ2) is 10.1. The summed E-state index contributed by atoms with van der Waals surface area (Å²) in [7, 11) is 0. The fraction of sp³-hybridized carbons (Fsp3) is 0.429. The molecule has 1 fully saturated rings. The number of thiazole rings is 1. The lowest BCUT2D eigenvalue weighted by Gasteiger charge is -2.17. The van der Waals surface area contributed by atoms with Crippen molar-refractivity contribution in [1.82, 2.24) is 10.3 Å². The summed E-state index contributed by atoms with van der Waals surface area (Å²) >= 11 is 1.50. The van der Waals surface area contributed by atoms with Crippen LogP contribution in [0.1, 0.15) is 56.2 Å². The molecule has 0 radical (unpaired) electrons. The number of urea groups is 1. The number of carbonyl (C=O) groups is 1. The Balaban J connectivity index is 1.55. The van der Waals surface area contributed by atoms with Crippen molar-refractivity contribution in [3.05, 3.63) is 53.6 Å². The van der Waals surface area contributed by atoms with E-state index in [1.165, 1.54) is 49.9 Å². The second-order valence-electron chi connectivity index (χ2n) is 6.77. The van der Waals surface area contributed by atoms with Crippen molar-refractivity contribution in [2.45, 2.75) is 57.4 Å². The van der Waals surface area contributed by atoms with Gasteiger partial charge < -0.3 is 5.32 Å². The smallest absolute Gasteiger partial charge is 0.321 e. The third kappa shape index (κ3) is 5.99. The first kappa shape index (κ1) is 18.6. The van der Waals surface area contributed by atoms with Gasteiger partial charge in [-0.3, -0.25) is 5.32 Å². The van der Waals surface area contributed by atoms with Gasteiger partial charge in [0.05, 0.1) is 4.88 Å². The molecule has 0 atom stereocenters. The lowest BCUT2D eigenvalue weighted by Crippen LogP contribution is -2.37. The third-order valence-corrected chi connectivity index (χ3v) is 5.66. The maximum atomic E-state index is 12.3. The Morgan fingerprint density at radius 3 is 2.46 bits per heavy atom. The average Bonchev–Trinajstić information content (AvgIpc) is 3.08. The first-order valence-corrected chi connectivity index (χ1v) is 10.4. The molecule has 4 nitrogen and oxygen atoms in total. The van der Waals surface area contributed by atoms with E-state index >= 15 is 0 Å². The monoisotopic (exact) mass is 369 g/mol. The Kier molecular flexibility index (Phi) is 7.25. The van der Waals surface area contributed by atoms with Gasteiger partial charge in [-0.05, 0) is 18.4 Å². The largest absolute Gasteiger partial charge is 0.335 e. The van der Waals surface area contributed by atoms with Gasteiger partial charge in [0.15, 0.2) is 5.13 Å². The highest BCUT2D eigenvalue weighted by Crippen LogP contribution is 2.27. The van der Waals surface area contributed by atoms with Gasteiger partial charge in [-0.15, -0.1) is 0 Å². The van der Waals surface area contributed by atoms with Crippen molar-refractivity contribution in [2.75, 3.05) is 5.32 Å². The van der Waals surface area contributed by atoms with Crippen LogP contribution in [0.5, 0.6) is 0 Å². The summed E-state index contributed by atoms with van der Waals surface area (Å²) in [6, 6.07) is 0.140. The number of carbonyl (C=O) groups excluding carboxylic acids is 1. The Hall–Kier alpha value is -2.14. The summed E-state index contributed by atoms with van der Waals surface area (Å²) in [5, 5.41) is 6.68. The van der Waals surface area contributed by atoms with Crippen LogP contribution in [0.4, 0.5) is 9.93 Å². The number of amides is 2. The molecule has 1 heterocycles. The molecule has 0 saturated heterocycles. The normalized spacial score (nSPS) is 21.3. The van der Waals surface area contributed by atoms with Gasteiger partial charge in [0, 0.05) is 12.2 Å². The predicted octanol–water partition coefficient (Wildman–Crippen LogP) is 5.83. The van der Waals surface area contributed by atoms with Crippen molar-refractivity contribution >= 4 is 28.1 Å². The van der Waals surface area contributed by atoms with Crippen LogP contribution in [0.25, 0.3) is 5.57 Å². The molecule has 2 aliphatic carbocycles. The molecule has 0 spiro atoms. The molecule has 1 saturated carbocycles. The average molecular weight is 370 g/mol. The summed E-state index contributed by atoms with van der Waals surface area (Å²) in [6.45, 7) is 0. The number of allylic oxidation sites excluding steroid dienone is 8. The van der Waals surface area contributed by atoms with Crippen LogP contribution in [-0.4, -0.2) is 17.1 Å². The highest BCUT2D eigenvalue weighted by atomic mass is 32.1. The summed E-state index contributed by atoms with van der Waals surface area (Å²) in [6.07, 6.45) is 25.7. The molecular weight excluding hydrogens is 342 g/mol. The highest BCUT2D eigenvalue weighted by molar-refractivity contribution is 7.16. The minimum absolute atomic E-state index is 0.139. The zero-order valence-electron chi connectivity index (χ0n) is 15.1. The van der Waals surface area contributed by atoms with Gasteiger partial charge in [-0.1, -0.05) is 92.4 Å². The summed E-state index contributed by atoms with van der Waals surface area (Å²) in [5.41, 5.74) is 1.09. The van der Waals surface area contributed by atoms with E-state index in [1.54, 1.807) is 0 Å². The quantitative estimate of drug-likeness (QED) is 0.704. The Bertz CT molecular complexity index is 705. The van der Waals surface area contributed by atoms with Crippen molar-refractivity contribution in [1.29, 1.82) is 0 Å². The Labute approximate surface area is 159 Å². The van der Waals surface area contributed by atoms with Crippen molar-refractivity contribution < 1.29 is 4.79 Å². The zero-order valence-corrected chi connectivity index (χ0v) is 15.9. The molecule has 0 bridgehead atoms. The van der Waals surface area contributed by atoms with Gasteiger partial charge in [-0.2, -0.15) is 0 Å². The predicted molar refractivity (Wildman–Crippen MR) is 110 cm³/mol. The van der Waals surface area contributed by atoms with Crippen LogP contribution >= 0.6 is 11.3 Å². The van der Waals surface area contributed by atoms with Crippen LogP contribution in [0.2, 0.25) is 0 Å². The van der Waals surface area contributed by atoms with Gasteiger partial charge in [0.1, 0.15) is 0 Å². The molecule has 3 rings (SSSR count). The third-order valence-electron chi connectivity index (χ3n) is 4.70. The molecule has 0 aromatic carbocycles. The summed E-state index contributed by atoms with van der Waals surface area (Å²) in [5.74, 6) is 0. The number of hydrogen-bond donors (Lipinski definition) is 2. The van der Waals surface area contributed by atoms with Crippen LogP contribution in [-0.2, 0) is 0 Å². The van der Waals surface area contributed by atoms with Crippen LogP contribution in [0.15, 0.2) is 48.7 Å². The minimum atomic E-state index is -0.139. The van der Waals surface area contributed by atoms with E-state index in [9.17, 15) is 4.79 Å². The van der Waals surface area contributed by atoms with E-state index < -0.39 is 0 Å². The second-order valence-corrected chi connectivity index (χ2v) is 7.81. The fourth-order valence-electron chi connectivity index (χ4n) is 3.29. The number of nitrogens with zero attached hydrogens (tertiary/aromatic N) is 1. The van der Waals surface area contributed by atoms with E-state index in [0.29, 0.717) is 5.13 Å². The number of rotatable bonds is 3. The number of nitrogens with one attached hydrogen (secondary N) is 2. The molecule has 2 N–H and O–H groups in total. The highest BCUT2D eigenvalue weighted by Gasteiger charge is 2.15. The molecule has 2 amide bonds. The standard InChI is InChI=1S/C21H27N3OS/c25-20(23-18-14-10-6-1-2-7-11-15-18)24-21-22-16-19(26-21)17-12-8-4-3-5-9-13-17/h3-5,8-9,12-13,16,18H,1-2,6-7,10-11,14-15H2,(H2,22,23,24,25)/b4-3-,5-3?,8-4?,9-5-,12-8?,13-9?,17-12?,17-13?. The lowest BCUT2D eigenvalue weighted by atomic mass is 10.1. The SMILES string of the molecule is O=C(Nc1ncc(C2=C/C=C\C=C/C=C2)s1)NC1CCCCCCCC1. The van der Waals surface area contributed by atoms with Gasteiger partial charge in [0.2, 0.25) is 0 Å². The lowest BCUT2D eigenvalue weighted by molar-refractivity contribution is 0.246. The van der Waals surface area contributed by atoms with Crippen molar-refractivity contribution in [3.8, 4) is 0 Å². The molecule has 5 heteroatoms. The van der Waals surface area contributed by atoms with Crippen LogP contribution < -0.4 is 10.6 Å².